The number of alkyl halides is 2. The van der Waals surface area contributed by atoms with Gasteiger partial charge in [0, 0.05) is 16.2 Å². The third-order valence-electron chi connectivity index (χ3n) is 3.66. The summed E-state index contributed by atoms with van der Waals surface area (Å²) < 4.78 is 0. The van der Waals surface area contributed by atoms with Crippen molar-refractivity contribution in [2.75, 3.05) is 11.2 Å². The highest BCUT2D eigenvalue weighted by Gasteiger charge is 2.08. The lowest BCUT2D eigenvalue weighted by atomic mass is 9.97. The van der Waals surface area contributed by atoms with E-state index in [1.54, 1.807) is 0 Å². The van der Waals surface area contributed by atoms with Crippen LogP contribution in [-0.4, -0.2) is 11.2 Å². The molecule has 0 saturated heterocycles. The predicted octanol–water partition coefficient (Wildman–Crippen LogP) is 7.86. The summed E-state index contributed by atoms with van der Waals surface area (Å²) in [5.74, 6) is 0.452. The number of allylic oxidation sites excluding steroid dienone is 9. The molecule has 0 spiro atoms. The van der Waals surface area contributed by atoms with Gasteiger partial charge >= 0.3 is 0 Å². The molecule has 0 atom stereocenters. The molecule has 0 bridgehead atoms. The molecule has 23 heavy (non-hydrogen) atoms. The van der Waals surface area contributed by atoms with Crippen molar-refractivity contribution in [3.63, 3.8) is 0 Å². The van der Waals surface area contributed by atoms with E-state index in [1.165, 1.54) is 11.1 Å². The third-order valence-corrected chi connectivity index (χ3v) is 5.29. The lowest BCUT2D eigenvalue weighted by Crippen LogP contribution is -1.94. The van der Waals surface area contributed by atoms with Gasteiger partial charge in [0.2, 0.25) is 0 Å². The summed E-state index contributed by atoms with van der Waals surface area (Å²) in [6.07, 6.45) is 3.62. The summed E-state index contributed by atoms with van der Waals surface area (Å²) in [5.41, 5.74) is 7.63. The zero-order chi connectivity index (χ0) is 18.2. The fraction of sp³-hybridized carbons (Fsp3) is 0.400. The van der Waals surface area contributed by atoms with Gasteiger partial charge in [-0.2, -0.15) is 0 Å². The van der Waals surface area contributed by atoms with Gasteiger partial charge in [-0.05, 0) is 62.8 Å². The molecule has 0 aromatic heterocycles. The average Bonchev–Trinajstić information content (AvgIpc) is 2.51. The van der Waals surface area contributed by atoms with Gasteiger partial charge in [0.25, 0.3) is 0 Å². The minimum atomic E-state index is 0.452. The molecule has 0 rings (SSSR count). The molecule has 0 radical (unpaired) electrons. The Morgan fingerprint density at radius 1 is 0.957 bits per heavy atom. The lowest BCUT2D eigenvalue weighted by molar-refractivity contribution is 1.05. The van der Waals surface area contributed by atoms with Crippen molar-refractivity contribution < 1.29 is 0 Å². The average molecular weight is 418 g/mol. The first-order valence-electron chi connectivity index (χ1n) is 7.48. The summed E-state index contributed by atoms with van der Waals surface area (Å²) in [4.78, 5) is 0. The van der Waals surface area contributed by atoms with Crippen molar-refractivity contribution in [3.05, 3.63) is 69.9 Å². The van der Waals surface area contributed by atoms with Crippen LogP contribution in [0.4, 0.5) is 0 Å². The molecule has 0 saturated carbocycles. The van der Waals surface area contributed by atoms with Gasteiger partial charge in [-0.3, -0.25) is 0 Å². The molecular weight excluding hydrogens is 391 g/mol. The van der Waals surface area contributed by atoms with Crippen LogP contribution in [0.15, 0.2) is 69.9 Å². The van der Waals surface area contributed by atoms with E-state index in [1.807, 2.05) is 6.92 Å². The van der Waals surface area contributed by atoms with Gasteiger partial charge in [-0.1, -0.05) is 70.1 Å². The molecular formula is C20H27BrCl2. The van der Waals surface area contributed by atoms with Crippen LogP contribution < -0.4 is 0 Å². The van der Waals surface area contributed by atoms with Crippen molar-refractivity contribution in [3.8, 4) is 0 Å². The van der Waals surface area contributed by atoms with E-state index < -0.39 is 0 Å². The van der Waals surface area contributed by atoms with Crippen LogP contribution in [0.3, 0.4) is 0 Å². The van der Waals surface area contributed by atoms with Crippen LogP contribution >= 0.6 is 39.1 Å². The van der Waals surface area contributed by atoms with E-state index in [4.69, 9.17) is 23.2 Å². The lowest BCUT2D eigenvalue weighted by Gasteiger charge is -2.13. The monoisotopic (exact) mass is 416 g/mol. The number of hydrogen-bond acceptors (Lipinski definition) is 0. The number of rotatable bonds is 9. The second kappa shape index (κ2) is 11.1. The molecule has 0 aliphatic carbocycles. The molecule has 0 N–H and O–H groups in total. The van der Waals surface area contributed by atoms with Gasteiger partial charge in [0.15, 0.2) is 0 Å². The SMILES string of the molecule is C=C(C=C(C)CC(=C)C(Cl)=C(C)CC(C)=C(C)C(=C)CCl)CBr. The Kier molecular flexibility index (Phi) is 10.9. The fourth-order valence-corrected chi connectivity index (χ4v) is 2.66. The molecule has 0 aliphatic heterocycles. The standard InChI is InChI=1S/C20H27BrCl2/c1-13(8-14(2)11-21)9-16(4)20(23)17(5)10-15(3)19(7)18(6)12-22/h8H,2,4,6,9-12H2,1,3,5,7H3. The Bertz CT molecular complexity index is 574. The Morgan fingerprint density at radius 3 is 2.00 bits per heavy atom. The summed E-state index contributed by atoms with van der Waals surface area (Å²) in [6, 6.07) is 0. The first kappa shape index (κ1) is 22.5. The van der Waals surface area contributed by atoms with E-state index in [-0.39, 0.29) is 0 Å². The zero-order valence-electron chi connectivity index (χ0n) is 14.7. The third kappa shape index (κ3) is 8.24. The number of halogens is 3. The van der Waals surface area contributed by atoms with Crippen molar-refractivity contribution >= 4 is 39.1 Å². The number of hydrogen-bond donors (Lipinski definition) is 0. The van der Waals surface area contributed by atoms with Crippen LogP contribution in [0.1, 0.15) is 40.5 Å². The molecule has 0 amide bonds. The second-order valence-electron chi connectivity index (χ2n) is 5.98. The molecule has 0 unspecified atom stereocenters. The van der Waals surface area contributed by atoms with Crippen LogP contribution in [0, 0.1) is 0 Å². The smallest absolute Gasteiger partial charge is 0.0470 e. The van der Waals surface area contributed by atoms with Crippen molar-refractivity contribution in [1.82, 2.24) is 0 Å². The van der Waals surface area contributed by atoms with E-state index in [0.29, 0.717) is 5.88 Å². The molecule has 0 aromatic carbocycles. The Balaban J connectivity index is 5.10. The van der Waals surface area contributed by atoms with E-state index >= 15 is 0 Å². The summed E-state index contributed by atoms with van der Waals surface area (Å²) >= 11 is 15.8. The second-order valence-corrected chi connectivity index (χ2v) is 7.18. The van der Waals surface area contributed by atoms with Crippen molar-refractivity contribution in [2.45, 2.75) is 40.5 Å². The van der Waals surface area contributed by atoms with Crippen LogP contribution in [-0.2, 0) is 0 Å². The molecule has 0 heterocycles. The molecule has 0 nitrogen and oxygen atoms in total. The van der Waals surface area contributed by atoms with Crippen molar-refractivity contribution in [1.29, 1.82) is 0 Å². The summed E-state index contributed by atoms with van der Waals surface area (Å²) in [6.45, 7) is 20.3. The fourth-order valence-electron chi connectivity index (χ4n) is 2.16. The highest BCUT2D eigenvalue weighted by atomic mass is 79.9. The highest BCUT2D eigenvalue weighted by molar-refractivity contribution is 9.09. The molecule has 0 aromatic rings. The summed E-state index contributed by atoms with van der Waals surface area (Å²) in [7, 11) is 0. The van der Waals surface area contributed by atoms with Gasteiger partial charge in [0.05, 0.1) is 0 Å². The maximum absolute atomic E-state index is 6.51. The molecule has 0 aliphatic rings. The predicted molar refractivity (Wildman–Crippen MR) is 112 cm³/mol. The maximum Gasteiger partial charge on any atom is 0.0470 e. The van der Waals surface area contributed by atoms with Gasteiger partial charge in [0.1, 0.15) is 0 Å². The quantitative estimate of drug-likeness (QED) is 0.264. The Hall–Kier alpha value is -0.500. The highest BCUT2D eigenvalue weighted by Crippen LogP contribution is 2.29. The maximum atomic E-state index is 6.51. The van der Waals surface area contributed by atoms with Gasteiger partial charge < -0.3 is 0 Å². The largest absolute Gasteiger partial charge is 0.122 e. The molecule has 0 fully saturated rings. The Morgan fingerprint density at radius 2 is 1.52 bits per heavy atom. The minimum Gasteiger partial charge on any atom is -0.122 e. The topological polar surface area (TPSA) is 0 Å². The minimum absolute atomic E-state index is 0.452. The van der Waals surface area contributed by atoms with Crippen LogP contribution in [0.5, 0.6) is 0 Å². The van der Waals surface area contributed by atoms with E-state index in [0.717, 1.165) is 51.1 Å². The normalized spacial score (nSPS) is 14.1. The molecule has 128 valence electrons. The van der Waals surface area contributed by atoms with E-state index in [2.05, 4.69) is 62.5 Å². The van der Waals surface area contributed by atoms with Gasteiger partial charge in [-0.15, -0.1) is 11.6 Å². The van der Waals surface area contributed by atoms with Crippen LogP contribution in [0.2, 0.25) is 0 Å². The Labute approximate surface area is 160 Å². The zero-order valence-corrected chi connectivity index (χ0v) is 17.8. The van der Waals surface area contributed by atoms with Gasteiger partial charge in [-0.25, -0.2) is 0 Å². The van der Waals surface area contributed by atoms with Crippen LogP contribution in [0.25, 0.3) is 0 Å². The first-order valence-corrected chi connectivity index (χ1v) is 9.52. The van der Waals surface area contributed by atoms with E-state index in [9.17, 15) is 0 Å². The summed E-state index contributed by atoms with van der Waals surface area (Å²) in [5, 5.41) is 1.53. The first-order chi connectivity index (χ1) is 10.6. The van der Waals surface area contributed by atoms with Crippen molar-refractivity contribution in [2.24, 2.45) is 0 Å². The molecule has 3 heteroatoms.